The van der Waals surface area contributed by atoms with E-state index in [2.05, 4.69) is 36.8 Å². The summed E-state index contributed by atoms with van der Waals surface area (Å²) < 4.78 is 7.63. The van der Waals surface area contributed by atoms with Gasteiger partial charge in [0.05, 0.1) is 16.6 Å². The van der Waals surface area contributed by atoms with Gasteiger partial charge in [0.2, 0.25) is 5.88 Å². The molecule has 0 saturated carbocycles. The van der Waals surface area contributed by atoms with Gasteiger partial charge in [0.15, 0.2) is 0 Å². The molecular weight excluding hydrogens is 398 g/mol. The van der Waals surface area contributed by atoms with Gasteiger partial charge in [-0.2, -0.15) is 0 Å². The van der Waals surface area contributed by atoms with Crippen LogP contribution in [0.5, 0.6) is 11.6 Å². The Morgan fingerprint density at radius 3 is 2.62 bits per heavy atom. The second-order valence-corrected chi connectivity index (χ2v) is 6.25. The number of benzene rings is 2. The highest BCUT2D eigenvalue weighted by Gasteiger charge is 2.10. The molecule has 2 aromatic carbocycles. The topological polar surface area (TPSA) is 42.4 Å². The van der Waals surface area contributed by atoms with E-state index in [1.165, 1.54) is 0 Å². The Labute approximate surface area is 138 Å². The minimum Gasteiger partial charge on any atom is -0.437 e. The molecule has 1 heterocycles. The van der Waals surface area contributed by atoms with Crippen LogP contribution in [0, 0.1) is 0 Å². The van der Waals surface area contributed by atoms with Crippen LogP contribution in [-0.4, -0.2) is 10.1 Å². The molecule has 0 atom stereocenters. The normalized spacial score (nSPS) is 10.8. The fraction of sp³-hybridized carbons (Fsp3) is 0.0625. The van der Waals surface area contributed by atoms with E-state index in [-0.39, 0.29) is 6.61 Å². The standard InChI is InChI=1S/C16H11Br2NO2/c17-12-5-6-15(13(18)8-12)21-16-11(9-20)7-10-3-1-2-4-14(10)19-16/h1-8,20H,9H2. The molecule has 0 amide bonds. The van der Waals surface area contributed by atoms with E-state index in [1.807, 2.05) is 48.5 Å². The Hall–Kier alpha value is -1.43. The first-order valence-electron chi connectivity index (χ1n) is 6.30. The number of fused-ring (bicyclic) bond motifs is 1. The Balaban J connectivity index is 2.06. The molecule has 21 heavy (non-hydrogen) atoms. The molecule has 0 saturated heterocycles. The molecule has 1 N–H and O–H groups in total. The van der Waals surface area contributed by atoms with Crippen molar-refractivity contribution in [3.8, 4) is 11.6 Å². The monoisotopic (exact) mass is 407 g/mol. The number of rotatable bonds is 3. The molecule has 1 aromatic heterocycles. The smallest absolute Gasteiger partial charge is 0.225 e. The highest BCUT2D eigenvalue weighted by Crippen LogP contribution is 2.33. The molecular formula is C16H11Br2NO2. The predicted molar refractivity (Wildman–Crippen MR) is 89.6 cm³/mol. The number of pyridine rings is 1. The lowest BCUT2D eigenvalue weighted by atomic mass is 10.1. The Bertz CT molecular complexity index is 805. The van der Waals surface area contributed by atoms with Gasteiger partial charge in [-0.05, 0) is 46.3 Å². The van der Waals surface area contributed by atoms with Crippen molar-refractivity contribution in [2.75, 3.05) is 0 Å². The molecule has 0 aliphatic heterocycles. The van der Waals surface area contributed by atoms with Crippen LogP contribution >= 0.6 is 31.9 Å². The van der Waals surface area contributed by atoms with Crippen molar-refractivity contribution in [3.05, 3.63) is 63.0 Å². The largest absolute Gasteiger partial charge is 0.437 e. The van der Waals surface area contributed by atoms with Gasteiger partial charge in [0, 0.05) is 15.4 Å². The van der Waals surface area contributed by atoms with E-state index < -0.39 is 0 Å². The molecule has 0 unspecified atom stereocenters. The molecule has 3 nitrogen and oxygen atoms in total. The number of nitrogens with zero attached hydrogens (tertiary/aromatic N) is 1. The first-order chi connectivity index (χ1) is 10.2. The molecule has 0 bridgehead atoms. The molecule has 3 rings (SSSR count). The van der Waals surface area contributed by atoms with Gasteiger partial charge in [0.25, 0.3) is 0 Å². The lowest BCUT2D eigenvalue weighted by Crippen LogP contribution is -1.96. The maximum atomic E-state index is 9.53. The number of hydrogen-bond acceptors (Lipinski definition) is 3. The number of ether oxygens (including phenoxy) is 1. The summed E-state index contributed by atoms with van der Waals surface area (Å²) >= 11 is 6.86. The summed E-state index contributed by atoms with van der Waals surface area (Å²) in [6.07, 6.45) is 0. The number of aliphatic hydroxyl groups is 1. The molecule has 0 radical (unpaired) electrons. The van der Waals surface area contributed by atoms with Crippen molar-refractivity contribution in [3.63, 3.8) is 0 Å². The van der Waals surface area contributed by atoms with Gasteiger partial charge >= 0.3 is 0 Å². The fourth-order valence-corrected chi connectivity index (χ4v) is 3.13. The minimum atomic E-state index is -0.124. The van der Waals surface area contributed by atoms with Crippen molar-refractivity contribution in [2.45, 2.75) is 6.61 Å². The van der Waals surface area contributed by atoms with Crippen LogP contribution in [0.15, 0.2) is 57.5 Å². The second kappa shape index (κ2) is 6.13. The first-order valence-corrected chi connectivity index (χ1v) is 7.88. The summed E-state index contributed by atoms with van der Waals surface area (Å²) in [7, 11) is 0. The molecule has 0 aliphatic carbocycles. The zero-order chi connectivity index (χ0) is 14.8. The quantitative estimate of drug-likeness (QED) is 0.659. The second-order valence-electron chi connectivity index (χ2n) is 4.48. The van der Waals surface area contributed by atoms with Crippen molar-refractivity contribution in [1.82, 2.24) is 4.98 Å². The molecule has 0 aliphatic rings. The Morgan fingerprint density at radius 2 is 1.86 bits per heavy atom. The van der Waals surface area contributed by atoms with E-state index in [4.69, 9.17) is 4.74 Å². The van der Waals surface area contributed by atoms with Gasteiger partial charge in [-0.25, -0.2) is 4.98 Å². The Kier molecular flexibility index (Phi) is 4.24. The summed E-state index contributed by atoms with van der Waals surface area (Å²) in [5.41, 5.74) is 1.49. The van der Waals surface area contributed by atoms with E-state index >= 15 is 0 Å². The summed E-state index contributed by atoms with van der Waals surface area (Å²) in [6.45, 7) is -0.124. The lowest BCUT2D eigenvalue weighted by Gasteiger charge is -2.11. The van der Waals surface area contributed by atoms with E-state index in [1.54, 1.807) is 0 Å². The van der Waals surface area contributed by atoms with Crippen molar-refractivity contribution in [1.29, 1.82) is 0 Å². The number of aromatic nitrogens is 1. The van der Waals surface area contributed by atoms with Crippen LogP contribution in [-0.2, 0) is 6.61 Å². The zero-order valence-electron chi connectivity index (χ0n) is 10.9. The summed E-state index contributed by atoms with van der Waals surface area (Å²) in [5, 5.41) is 10.5. The summed E-state index contributed by atoms with van der Waals surface area (Å²) in [6, 6.07) is 15.3. The van der Waals surface area contributed by atoms with Crippen LogP contribution in [0.25, 0.3) is 10.9 Å². The van der Waals surface area contributed by atoms with Gasteiger partial charge < -0.3 is 9.84 Å². The molecule has 3 aromatic rings. The molecule has 0 spiro atoms. The van der Waals surface area contributed by atoms with E-state index in [0.717, 1.165) is 19.8 Å². The van der Waals surface area contributed by atoms with Crippen LogP contribution in [0.3, 0.4) is 0 Å². The van der Waals surface area contributed by atoms with Crippen molar-refractivity contribution in [2.24, 2.45) is 0 Å². The SMILES string of the molecule is OCc1cc2ccccc2nc1Oc1ccc(Br)cc1Br. The van der Waals surface area contributed by atoms with Crippen molar-refractivity contribution < 1.29 is 9.84 Å². The maximum Gasteiger partial charge on any atom is 0.225 e. The van der Waals surface area contributed by atoms with Crippen LogP contribution in [0.1, 0.15) is 5.56 Å². The minimum absolute atomic E-state index is 0.124. The van der Waals surface area contributed by atoms with Crippen LogP contribution < -0.4 is 4.74 Å². The highest BCUT2D eigenvalue weighted by atomic mass is 79.9. The van der Waals surface area contributed by atoms with Gasteiger partial charge in [-0.15, -0.1) is 0 Å². The van der Waals surface area contributed by atoms with Gasteiger partial charge in [-0.3, -0.25) is 0 Å². The predicted octanol–water partition coefficient (Wildman–Crippen LogP) is 5.04. The maximum absolute atomic E-state index is 9.53. The van der Waals surface area contributed by atoms with Crippen molar-refractivity contribution >= 4 is 42.8 Å². The molecule has 0 fully saturated rings. The summed E-state index contributed by atoms with van der Waals surface area (Å²) in [5.74, 6) is 1.06. The third-order valence-corrected chi connectivity index (χ3v) is 4.15. The number of aliphatic hydroxyl groups excluding tert-OH is 1. The number of hydrogen-bond donors (Lipinski definition) is 1. The average Bonchev–Trinajstić information content (AvgIpc) is 2.49. The molecule has 106 valence electrons. The third-order valence-electron chi connectivity index (χ3n) is 3.03. The number of halogens is 2. The van der Waals surface area contributed by atoms with E-state index in [9.17, 15) is 5.11 Å². The van der Waals surface area contributed by atoms with E-state index in [0.29, 0.717) is 17.2 Å². The third kappa shape index (κ3) is 3.10. The fourth-order valence-electron chi connectivity index (χ4n) is 2.01. The molecule has 5 heteroatoms. The van der Waals surface area contributed by atoms with Crippen LogP contribution in [0.2, 0.25) is 0 Å². The average molecular weight is 409 g/mol. The highest BCUT2D eigenvalue weighted by molar-refractivity contribution is 9.11. The first kappa shape index (κ1) is 14.5. The van der Waals surface area contributed by atoms with Gasteiger partial charge in [-0.1, -0.05) is 34.1 Å². The zero-order valence-corrected chi connectivity index (χ0v) is 14.1. The lowest BCUT2D eigenvalue weighted by molar-refractivity contribution is 0.275. The Morgan fingerprint density at radius 1 is 1.05 bits per heavy atom. The van der Waals surface area contributed by atoms with Crippen LogP contribution in [0.4, 0.5) is 0 Å². The number of para-hydroxylation sites is 1. The summed E-state index contributed by atoms with van der Waals surface area (Å²) in [4.78, 5) is 4.49. The van der Waals surface area contributed by atoms with Gasteiger partial charge in [0.1, 0.15) is 5.75 Å².